The summed E-state index contributed by atoms with van der Waals surface area (Å²) in [6, 6.07) is 5.23. The highest BCUT2D eigenvalue weighted by Crippen LogP contribution is 2.32. The zero-order chi connectivity index (χ0) is 21.9. The van der Waals surface area contributed by atoms with Crippen molar-refractivity contribution in [1.29, 1.82) is 0 Å². The first-order valence-electron chi connectivity index (χ1n) is 9.98. The van der Waals surface area contributed by atoms with E-state index >= 15 is 0 Å². The number of fused-ring (bicyclic) bond motifs is 1. The summed E-state index contributed by atoms with van der Waals surface area (Å²) in [5.41, 5.74) is 4.12. The highest BCUT2D eigenvalue weighted by molar-refractivity contribution is 5.73. The Kier molecular flexibility index (Phi) is 6.87. The van der Waals surface area contributed by atoms with Crippen molar-refractivity contribution in [2.75, 3.05) is 13.2 Å². The molecular weight excluding hydrogens is 401 g/mol. The van der Waals surface area contributed by atoms with Gasteiger partial charge >= 0.3 is 12.1 Å². The van der Waals surface area contributed by atoms with Crippen molar-refractivity contribution in [3.63, 3.8) is 0 Å². The molecule has 1 saturated heterocycles. The number of carboxylic acids is 1. The Balaban J connectivity index is 0.000000318. The Morgan fingerprint density at radius 2 is 1.83 bits per heavy atom. The summed E-state index contributed by atoms with van der Waals surface area (Å²) in [6.45, 7) is 9.22. The molecule has 0 unspecified atom stereocenters. The molecule has 30 heavy (non-hydrogen) atoms. The third-order valence-corrected chi connectivity index (χ3v) is 5.35. The molecule has 0 aliphatic carbocycles. The molecule has 4 heterocycles. The third kappa shape index (κ3) is 5.23. The molecule has 0 atom stereocenters. The van der Waals surface area contributed by atoms with Gasteiger partial charge in [-0.05, 0) is 38.8 Å². The molecule has 166 valence electrons. The summed E-state index contributed by atoms with van der Waals surface area (Å²) in [4.78, 5) is 11.5. The predicted octanol–water partition coefficient (Wildman–Crippen LogP) is 3.44. The van der Waals surface area contributed by atoms with E-state index in [1.54, 1.807) is 0 Å². The molecule has 2 aliphatic rings. The quantitative estimate of drug-likeness (QED) is 0.808. The van der Waals surface area contributed by atoms with Gasteiger partial charge in [0.05, 0.1) is 17.9 Å². The maximum Gasteiger partial charge on any atom is 0.490 e. The van der Waals surface area contributed by atoms with Gasteiger partial charge in [0.15, 0.2) is 0 Å². The van der Waals surface area contributed by atoms with E-state index in [4.69, 9.17) is 19.7 Å². The monoisotopic (exact) mass is 428 g/mol. The third-order valence-electron chi connectivity index (χ3n) is 5.35. The maximum absolute atomic E-state index is 10.6. The van der Waals surface area contributed by atoms with Gasteiger partial charge in [0.1, 0.15) is 0 Å². The molecule has 4 rings (SSSR count). The molecule has 2 aromatic heterocycles. The Hall–Kier alpha value is -2.33. The molecular formula is C20H27F3N4O3. The number of rotatable bonds is 4. The van der Waals surface area contributed by atoms with E-state index in [0.29, 0.717) is 12.1 Å². The lowest BCUT2D eigenvalue weighted by Crippen LogP contribution is -2.36. The topological polar surface area (TPSA) is 72.5 Å². The van der Waals surface area contributed by atoms with E-state index in [9.17, 15) is 13.2 Å². The minimum atomic E-state index is -5.08. The number of aromatic nitrogens is 3. The molecule has 0 saturated carbocycles. The van der Waals surface area contributed by atoms with Crippen molar-refractivity contribution in [2.45, 2.75) is 64.6 Å². The standard InChI is InChI=1S/C18H26N4O.C2HF3O2/c1-14(2)22-18-13-21(15-5-9-23-10-6-15)11-16(18)17(19-22)12-20-7-3-4-8-20;3-2(4,5)1(6)7/h3-4,7-8,14-15H,5-6,9-13H2,1-2H3;(H,6,7). The van der Waals surface area contributed by atoms with Crippen LogP contribution in [0.4, 0.5) is 13.2 Å². The largest absolute Gasteiger partial charge is 0.490 e. The zero-order valence-corrected chi connectivity index (χ0v) is 17.1. The maximum atomic E-state index is 10.6. The minimum absolute atomic E-state index is 0.414. The average Bonchev–Trinajstić information content (AvgIpc) is 3.40. The number of hydrogen-bond acceptors (Lipinski definition) is 4. The fourth-order valence-electron chi connectivity index (χ4n) is 3.87. The van der Waals surface area contributed by atoms with Crippen LogP contribution in [0.25, 0.3) is 0 Å². The number of hydrogen-bond donors (Lipinski definition) is 1. The summed E-state index contributed by atoms with van der Waals surface area (Å²) in [5, 5.41) is 12.1. The van der Waals surface area contributed by atoms with Gasteiger partial charge in [0.2, 0.25) is 0 Å². The van der Waals surface area contributed by atoms with Crippen molar-refractivity contribution >= 4 is 5.97 Å². The first kappa shape index (κ1) is 22.4. The highest BCUT2D eigenvalue weighted by atomic mass is 19.4. The molecule has 2 aromatic rings. The van der Waals surface area contributed by atoms with Gasteiger partial charge in [-0.15, -0.1) is 0 Å². The first-order chi connectivity index (χ1) is 14.2. The molecule has 0 amide bonds. The molecule has 0 aromatic carbocycles. The number of ether oxygens (including phenoxy) is 1. The lowest BCUT2D eigenvalue weighted by molar-refractivity contribution is -0.192. The van der Waals surface area contributed by atoms with Gasteiger partial charge in [-0.3, -0.25) is 9.58 Å². The smallest absolute Gasteiger partial charge is 0.475 e. The molecule has 7 nitrogen and oxygen atoms in total. The minimum Gasteiger partial charge on any atom is -0.475 e. The summed E-state index contributed by atoms with van der Waals surface area (Å²) < 4.78 is 41.7. The molecule has 0 radical (unpaired) electrons. The predicted molar refractivity (Wildman–Crippen MR) is 103 cm³/mol. The van der Waals surface area contributed by atoms with Crippen LogP contribution in [0.3, 0.4) is 0 Å². The van der Waals surface area contributed by atoms with E-state index in [1.807, 2.05) is 0 Å². The van der Waals surface area contributed by atoms with Gasteiger partial charge in [0, 0.05) is 56.3 Å². The Morgan fingerprint density at radius 1 is 1.23 bits per heavy atom. The zero-order valence-electron chi connectivity index (χ0n) is 17.1. The molecule has 10 heteroatoms. The van der Waals surface area contributed by atoms with Gasteiger partial charge in [-0.1, -0.05) is 0 Å². The highest BCUT2D eigenvalue weighted by Gasteiger charge is 2.38. The van der Waals surface area contributed by atoms with Crippen LogP contribution in [-0.2, 0) is 29.2 Å². The number of carboxylic acid groups (broad SMARTS) is 1. The van der Waals surface area contributed by atoms with Crippen molar-refractivity contribution < 1.29 is 27.8 Å². The van der Waals surface area contributed by atoms with E-state index in [-0.39, 0.29) is 0 Å². The van der Waals surface area contributed by atoms with Crippen LogP contribution in [0.15, 0.2) is 24.5 Å². The van der Waals surface area contributed by atoms with E-state index in [0.717, 1.165) is 45.7 Å². The van der Waals surface area contributed by atoms with Gasteiger partial charge in [-0.2, -0.15) is 18.3 Å². The number of carbonyl (C=O) groups is 1. The van der Waals surface area contributed by atoms with Gasteiger partial charge < -0.3 is 14.4 Å². The second-order valence-corrected chi connectivity index (χ2v) is 7.82. The lowest BCUT2D eigenvalue weighted by Gasteiger charge is -2.31. The molecule has 0 bridgehead atoms. The van der Waals surface area contributed by atoms with Gasteiger partial charge in [-0.25, -0.2) is 4.79 Å². The fourth-order valence-corrected chi connectivity index (χ4v) is 3.87. The molecule has 2 aliphatic heterocycles. The normalized spacial score (nSPS) is 17.7. The second-order valence-electron chi connectivity index (χ2n) is 7.82. The first-order valence-corrected chi connectivity index (χ1v) is 9.98. The number of nitrogens with zero attached hydrogens (tertiary/aromatic N) is 4. The van der Waals surface area contributed by atoms with Crippen LogP contribution in [0.2, 0.25) is 0 Å². The summed E-state index contributed by atoms with van der Waals surface area (Å²) in [6.07, 6.45) is 1.47. The summed E-state index contributed by atoms with van der Waals surface area (Å²) in [5.74, 6) is -2.76. The van der Waals surface area contributed by atoms with Crippen molar-refractivity contribution in [3.05, 3.63) is 41.5 Å². The second kappa shape index (κ2) is 9.22. The van der Waals surface area contributed by atoms with Crippen LogP contribution < -0.4 is 0 Å². The van der Waals surface area contributed by atoms with Gasteiger partial charge in [0.25, 0.3) is 0 Å². The van der Waals surface area contributed by atoms with E-state index < -0.39 is 12.1 Å². The fraction of sp³-hybridized carbons (Fsp3) is 0.600. The summed E-state index contributed by atoms with van der Waals surface area (Å²) >= 11 is 0. The van der Waals surface area contributed by atoms with Crippen LogP contribution in [0.1, 0.15) is 49.7 Å². The SMILES string of the molecule is CC(C)n1nc(Cn2cccc2)c2c1CN(C1CCOCC1)C2.O=C(O)C(F)(F)F. The number of halogens is 3. The van der Waals surface area contributed by atoms with Crippen LogP contribution in [0.5, 0.6) is 0 Å². The Bertz CT molecular complexity index is 840. The van der Waals surface area contributed by atoms with Crippen LogP contribution in [-0.4, -0.2) is 55.8 Å². The van der Waals surface area contributed by atoms with Crippen LogP contribution >= 0.6 is 0 Å². The number of aliphatic carboxylic acids is 1. The molecule has 1 fully saturated rings. The van der Waals surface area contributed by atoms with E-state index in [2.05, 4.69) is 52.5 Å². The molecule has 1 N–H and O–H groups in total. The summed E-state index contributed by atoms with van der Waals surface area (Å²) in [7, 11) is 0. The van der Waals surface area contributed by atoms with Crippen LogP contribution in [0, 0.1) is 0 Å². The lowest BCUT2D eigenvalue weighted by atomic mass is 10.1. The Labute approximate surface area is 173 Å². The van der Waals surface area contributed by atoms with Crippen molar-refractivity contribution in [1.82, 2.24) is 19.2 Å². The molecule has 0 spiro atoms. The van der Waals surface area contributed by atoms with Crippen molar-refractivity contribution in [3.8, 4) is 0 Å². The average molecular weight is 428 g/mol. The van der Waals surface area contributed by atoms with E-state index in [1.165, 1.54) is 17.0 Å². The Morgan fingerprint density at radius 3 is 2.37 bits per heavy atom. The number of alkyl halides is 3. The van der Waals surface area contributed by atoms with Crippen molar-refractivity contribution in [2.24, 2.45) is 0 Å².